The number of pyridine rings is 1. The molecule has 12 heteroatoms. The number of carbonyl (C=O) groups excluding carboxylic acids is 2. The second kappa shape index (κ2) is 9.22. The molecule has 1 amide bonds. The SMILES string of the molecule is O=C(C(=O)N1CCN(c2nccnc2-c2ccccc2)CC1)c1c[nH]c2c(-n3ccnn3)ncc(F)c12. The second-order valence-corrected chi connectivity index (χ2v) is 8.43. The lowest BCUT2D eigenvalue weighted by molar-refractivity contribution is -0.126. The predicted molar refractivity (Wildman–Crippen MR) is 132 cm³/mol. The van der Waals surface area contributed by atoms with Crippen LogP contribution in [0.4, 0.5) is 10.2 Å². The number of benzene rings is 1. The van der Waals surface area contributed by atoms with Crippen molar-refractivity contribution in [2.75, 3.05) is 31.1 Å². The summed E-state index contributed by atoms with van der Waals surface area (Å²) in [7, 11) is 0. The number of aromatic nitrogens is 7. The topological polar surface area (TPSA) is 126 Å². The van der Waals surface area contributed by atoms with Gasteiger partial charge in [-0.3, -0.25) is 14.6 Å². The van der Waals surface area contributed by atoms with Gasteiger partial charge >= 0.3 is 0 Å². The van der Waals surface area contributed by atoms with E-state index in [-0.39, 0.29) is 22.3 Å². The van der Waals surface area contributed by atoms with Crippen LogP contribution in [0, 0.1) is 5.82 Å². The van der Waals surface area contributed by atoms with Gasteiger partial charge in [-0.1, -0.05) is 35.5 Å². The van der Waals surface area contributed by atoms with Crippen molar-refractivity contribution in [1.29, 1.82) is 0 Å². The molecule has 184 valence electrons. The molecule has 1 aliphatic rings. The van der Waals surface area contributed by atoms with Crippen LogP contribution in [-0.4, -0.2) is 77.7 Å². The Hall–Kier alpha value is -5.00. The van der Waals surface area contributed by atoms with Gasteiger partial charge in [-0.15, -0.1) is 5.10 Å². The quantitative estimate of drug-likeness (QED) is 0.290. The number of ketones is 1. The number of nitrogens with zero attached hydrogens (tertiary/aromatic N) is 8. The Balaban J connectivity index is 1.21. The summed E-state index contributed by atoms with van der Waals surface area (Å²) in [4.78, 5) is 45.8. The van der Waals surface area contributed by atoms with E-state index in [4.69, 9.17) is 0 Å². The fraction of sp³-hybridized carbons (Fsp3) is 0.160. The highest BCUT2D eigenvalue weighted by Crippen LogP contribution is 2.28. The number of amides is 1. The summed E-state index contributed by atoms with van der Waals surface area (Å²) < 4.78 is 16.1. The Morgan fingerprint density at radius 1 is 0.919 bits per heavy atom. The Labute approximate surface area is 209 Å². The highest BCUT2D eigenvalue weighted by molar-refractivity contribution is 6.45. The first kappa shape index (κ1) is 22.5. The fourth-order valence-electron chi connectivity index (χ4n) is 4.51. The minimum atomic E-state index is -0.793. The number of anilines is 1. The van der Waals surface area contributed by atoms with Crippen LogP contribution in [0.25, 0.3) is 28.0 Å². The van der Waals surface area contributed by atoms with E-state index in [1.807, 2.05) is 35.2 Å². The molecular weight excluding hydrogens is 477 g/mol. The van der Waals surface area contributed by atoms with Crippen LogP contribution in [0.5, 0.6) is 0 Å². The van der Waals surface area contributed by atoms with Crippen molar-refractivity contribution in [3.05, 3.63) is 78.9 Å². The minimum Gasteiger partial charge on any atom is -0.357 e. The number of fused-ring (bicyclic) bond motifs is 1. The Kier molecular flexibility index (Phi) is 5.60. The zero-order chi connectivity index (χ0) is 25.4. The van der Waals surface area contributed by atoms with E-state index in [1.165, 1.54) is 22.0 Å². The first-order valence-electron chi connectivity index (χ1n) is 11.6. The van der Waals surface area contributed by atoms with E-state index in [2.05, 4.69) is 30.2 Å². The number of H-pyrrole nitrogens is 1. The van der Waals surface area contributed by atoms with E-state index >= 15 is 0 Å². The number of Topliss-reactive ketones (excluding diaryl/α,β-unsaturated/α-hetero) is 1. The van der Waals surface area contributed by atoms with Crippen LogP contribution < -0.4 is 4.90 Å². The summed E-state index contributed by atoms with van der Waals surface area (Å²) in [6, 6.07) is 9.75. The minimum absolute atomic E-state index is 0.00968. The highest BCUT2D eigenvalue weighted by Gasteiger charge is 2.31. The number of hydrogen-bond donors (Lipinski definition) is 1. The van der Waals surface area contributed by atoms with Crippen LogP contribution in [0.3, 0.4) is 0 Å². The van der Waals surface area contributed by atoms with Crippen LogP contribution in [0.1, 0.15) is 10.4 Å². The molecule has 11 nitrogen and oxygen atoms in total. The summed E-state index contributed by atoms with van der Waals surface area (Å²) in [6.45, 7) is 1.57. The van der Waals surface area contributed by atoms with E-state index in [9.17, 15) is 14.0 Å². The monoisotopic (exact) mass is 497 g/mol. The van der Waals surface area contributed by atoms with Crippen molar-refractivity contribution >= 4 is 28.4 Å². The molecule has 0 unspecified atom stereocenters. The molecule has 37 heavy (non-hydrogen) atoms. The average Bonchev–Trinajstić information content (AvgIpc) is 3.65. The standard InChI is InChI=1S/C25H20FN9O2/c26-18-15-30-24(35-9-8-31-32-35)21-19(18)17(14-29-21)22(36)25(37)34-12-10-33(11-13-34)23-20(27-6-7-28-23)16-4-2-1-3-5-16/h1-9,14-15,29H,10-13H2. The summed E-state index contributed by atoms with van der Waals surface area (Å²) >= 11 is 0. The molecule has 6 rings (SSSR count). The third kappa shape index (κ3) is 3.97. The smallest absolute Gasteiger partial charge is 0.295 e. The number of carbonyl (C=O) groups is 2. The number of aromatic amines is 1. The Morgan fingerprint density at radius 3 is 2.46 bits per heavy atom. The zero-order valence-corrected chi connectivity index (χ0v) is 19.5. The maximum Gasteiger partial charge on any atom is 0.295 e. The van der Waals surface area contributed by atoms with Crippen molar-refractivity contribution in [1.82, 2.24) is 39.8 Å². The molecule has 1 saturated heterocycles. The second-order valence-electron chi connectivity index (χ2n) is 8.43. The van der Waals surface area contributed by atoms with Crippen molar-refractivity contribution in [2.24, 2.45) is 0 Å². The Bertz CT molecular complexity index is 1590. The van der Waals surface area contributed by atoms with E-state index in [0.717, 1.165) is 23.3 Å². The largest absolute Gasteiger partial charge is 0.357 e. The number of rotatable bonds is 5. The molecule has 5 aromatic rings. The Morgan fingerprint density at radius 2 is 1.70 bits per heavy atom. The molecular formula is C25H20FN9O2. The van der Waals surface area contributed by atoms with Gasteiger partial charge in [-0.25, -0.2) is 19.0 Å². The molecule has 0 spiro atoms. The molecule has 1 N–H and O–H groups in total. The maximum absolute atomic E-state index is 14.8. The molecule has 0 atom stereocenters. The fourth-order valence-corrected chi connectivity index (χ4v) is 4.51. The normalized spacial score (nSPS) is 13.8. The molecule has 0 aliphatic carbocycles. The number of hydrogen-bond acceptors (Lipinski definition) is 8. The lowest BCUT2D eigenvalue weighted by Crippen LogP contribution is -2.51. The van der Waals surface area contributed by atoms with Gasteiger partial charge in [0, 0.05) is 50.3 Å². The zero-order valence-electron chi connectivity index (χ0n) is 19.5. The van der Waals surface area contributed by atoms with Crippen molar-refractivity contribution in [2.45, 2.75) is 0 Å². The molecule has 0 bridgehead atoms. The summed E-state index contributed by atoms with van der Waals surface area (Å²) in [5, 5.41) is 7.60. The van der Waals surface area contributed by atoms with Gasteiger partial charge in [0.05, 0.1) is 35.1 Å². The van der Waals surface area contributed by atoms with Crippen LogP contribution in [0.15, 0.2) is 67.5 Å². The molecule has 0 radical (unpaired) electrons. The summed E-state index contributed by atoms with van der Waals surface area (Å²) in [5.74, 6) is -1.20. The summed E-state index contributed by atoms with van der Waals surface area (Å²) in [6.07, 6.45) is 8.62. The van der Waals surface area contributed by atoms with Crippen LogP contribution in [-0.2, 0) is 4.79 Å². The molecule has 1 fully saturated rings. The van der Waals surface area contributed by atoms with E-state index < -0.39 is 17.5 Å². The van der Waals surface area contributed by atoms with Crippen LogP contribution in [0.2, 0.25) is 0 Å². The van der Waals surface area contributed by atoms with Crippen molar-refractivity contribution < 1.29 is 14.0 Å². The molecule has 4 aromatic heterocycles. The lowest BCUT2D eigenvalue weighted by Gasteiger charge is -2.35. The van der Waals surface area contributed by atoms with Gasteiger partial charge < -0.3 is 14.8 Å². The van der Waals surface area contributed by atoms with E-state index in [0.29, 0.717) is 26.2 Å². The molecule has 0 saturated carbocycles. The molecule has 1 aliphatic heterocycles. The highest BCUT2D eigenvalue weighted by atomic mass is 19.1. The third-order valence-corrected chi connectivity index (χ3v) is 6.31. The first-order chi connectivity index (χ1) is 18.1. The van der Waals surface area contributed by atoms with Crippen LogP contribution >= 0.6 is 0 Å². The van der Waals surface area contributed by atoms with Gasteiger partial charge in [-0.05, 0) is 0 Å². The van der Waals surface area contributed by atoms with Gasteiger partial charge in [0.1, 0.15) is 5.69 Å². The number of halogens is 1. The molecule has 5 heterocycles. The van der Waals surface area contributed by atoms with Crippen molar-refractivity contribution in [3.63, 3.8) is 0 Å². The van der Waals surface area contributed by atoms with Gasteiger partial charge in [-0.2, -0.15) is 0 Å². The number of piperazine rings is 1. The average molecular weight is 497 g/mol. The van der Waals surface area contributed by atoms with Gasteiger partial charge in [0.25, 0.3) is 11.7 Å². The maximum atomic E-state index is 14.8. The lowest BCUT2D eigenvalue weighted by atomic mass is 10.1. The third-order valence-electron chi connectivity index (χ3n) is 6.31. The van der Waals surface area contributed by atoms with Gasteiger partial charge in [0.15, 0.2) is 17.5 Å². The first-order valence-corrected chi connectivity index (χ1v) is 11.6. The van der Waals surface area contributed by atoms with Crippen molar-refractivity contribution in [3.8, 4) is 17.1 Å². The molecule has 1 aromatic carbocycles. The summed E-state index contributed by atoms with van der Waals surface area (Å²) in [5.41, 5.74) is 1.90. The number of nitrogens with one attached hydrogen (secondary N) is 1. The van der Waals surface area contributed by atoms with Gasteiger partial charge in [0.2, 0.25) is 0 Å². The van der Waals surface area contributed by atoms with E-state index in [1.54, 1.807) is 18.6 Å². The predicted octanol–water partition coefficient (Wildman–Crippen LogP) is 2.27.